The van der Waals surface area contributed by atoms with Crippen LogP contribution in [0.25, 0.3) is 0 Å². The Bertz CT molecular complexity index is 126. The van der Waals surface area contributed by atoms with Gasteiger partial charge in [0.25, 0.3) is 0 Å². The van der Waals surface area contributed by atoms with Crippen LogP contribution in [0.1, 0.15) is 33.6 Å². The van der Waals surface area contributed by atoms with Gasteiger partial charge in [-0.1, -0.05) is 13.3 Å². The van der Waals surface area contributed by atoms with Gasteiger partial charge >= 0.3 is 0 Å². The van der Waals surface area contributed by atoms with Gasteiger partial charge < -0.3 is 5.32 Å². The third-order valence-electron chi connectivity index (χ3n) is 1.33. The summed E-state index contributed by atoms with van der Waals surface area (Å²) in [4.78, 5) is 11.1. The molecule has 2 nitrogen and oxygen atoms in total. The van der Waals surface area contributed by atoms with Gasteiger partial charge in [0.15, 0.2) is 0 Å². The predicted molar refractivity (Wildman–Crippen MR) is 55.5 cm³/mol. The fraction of sp³-hybridized carbons (Fsp3) is 0.889. The molecule has 0 radical (unpaired) electrons. The van der Waals surface area contributed by atoms with Crippen LogP contribution in [0.5, 0.6) is 0 Å². The van der Waals surface area contributed by atoms with Crippen LogP contribution >= 0.6 is 11.8 Å². The lowest BCUT2D eigenvalue weighted by Crippen LogP contribution is -2.31. The SMILES string of the molecule is CCCCSCC(=O)NC(C)C. The van der Waals surface area contributed by atoms with Gasteiger partial charge in [0, 0.05) is 6.04 Å². The van der Waals surface area contributed by atoms with Gasteiger partial charge in [0.1, 0.15) is 0 Å². The fourth-order valence-electron chi connectivity index (χ4n) is 0.775. The molecule has 0 heterocycles. The van der Waals surface area contributed by atoms with Crippen molar-refractivity contribution in [2.75, 3.05) is 11.5 Å². The molecule has 1 amide bonds. The van der Waals surface area contributed by atoms with Crippen molar-refractivity contribution in [1.29, 1.82) is 0 Å². The standard InChI is InChI=1S/C9H19NOS/c1-4-5-6-12-7-9(11)10-8(2)3/h8H,4-7H2,1-3H3,(H,10,11). The third kappa shape index (κ3) is 7.92. The van der Waals surface area contributed by atoms with E-state index in [-0.39, 0.29) is 11.9 Å². The topological polar surface area (TPSA) is 29.1 Å². The molecule has 12 heavy (non-hydrogen) atoms. The number of rotatable bonds is 6. The first kappa shape index (κ1) is 11.8. The zero-order valence-electron chi connectivity index (χ0n) is 8.22. The molecule has 0 aromatic heterocycles. The summed E-state index contributed by atoms with van der Waals surface area (Å²) >= 11 is 1.72. The summed E-state index contributed by atoms with van der Waals surface area (Å²) in [6.07, 6.45) is 2.42. The molecule has 0 aliphatic carbocycles. The van der Waals surface area contributed by atoms with Crippen molar-refractivity contribution >= 4 is 17.7 Å². The van der Waals surface area contributed by atoms with Gasteiger partial charge in [0.05, 0.1) is 5.75 Å². The van der Waals surface area contributed by atoms with E-state index in [0.717, 1.165) is 5.75 Å². The molecule has 72 valence electrons. The second-order valence-corrected chi connectivity index (χ2v) is 4.23. The molecule has 0 fully saturated rings. The van der Waals surface area contributed by atoms with Crippen molar-refractivity contribution in [3.05, 3.63) is 0 Å². The smallest absolute Gasteiger partial charge is 0.230 e. The lowest BCUT2D eigenvalue weighted by atomic mass is 10.4. The first-order chi connectivity index (χ1) is 5.66. The van der Waals surface area contributed by atoms with E-state index >= 15 is 0 Å². The molecular formula is C9H19NOS. The largest absolute Gasteiger partial charge is 0.353 e. The average molecular weight is 189 g/mol. The Morgan fingerprint density at radius 1 is 1.50 bits per heavy atom. The van der Waals surface area contributed by atoms with Crippen LogP contribution in [-0.2, 0) is 4.79 Å². The van der Waals surface area contributed by atoms with Gasteiger partial charge in [-0.25, -0.2) is 0 Å². The zero-order valence-corrected chi connectivity index (χ0v) is 9.04. The summed E-state index contributed by atoms with van der Waals surface area (Å²) in [5, 5.41) is 2.86. The first-order valence-corrected chi connectivity index (χ1v) is 5.69. The summed E-state index contributed by atoms with van der Waals surface area (Å²) in [7, 11) is 0. The molecule has 0 rings (SSSR count). The monoisotopic (exact) mass is 189 g/mol. The van der Waals surface area contributed by atoms with E-state index in [0.29, 0.717) is 5.75 Å². The van der Waals surface area contributed by atoms with Crippen molar-refractivity contribution in [3.63, 3.8) is 0 Å². The molecule has 3 heteroatoms. The number of carbonyl (C=O) groups is 1. The number of carbonyl (C=O) groups excluding carboxylic acids is 1. The van der Waals surface area contributed by atoms with Gasteiger partial charge in [-0.05, 0) is 26.0 Å². The van der Waals surface area contributed by atoms with E-state index in [1.54, 1.807) is 11.8 Å². The van der Waals surface area contributed by atoms with Crippen molar-refractivity contribution in [1.82, 2.24) is 5.32 Å². The molecule has 0 aromatic carbocycles. The molecule has 0 aliphatic rings. The lowest BCUT2D eigenvalue weighted by Gasteiger charge is -2.07. The van der Waals surface area contributed by atoms with Crippen molar-refractivity contribution in [2.45, 2.75) is 39.7 Å². The molecule has 0 aliphatic heterocycles. The number of nitrogens with one attached hydrogen (secondary N) is 1. The number of hydrogen-bond acceptors (Lipinski definition) is 2. The Hall–Kier alpha value is -0.180. The fourth-order valence-corrected chi connectivity index (χ4v) is 1.68. The maximum atomic E-state index is 11.1. The van der Waals surface area contributed by atoms with Crippen LogP contribution in [0.15, 0.2) is 0 Å². The molecule has 0 unspecified atom stereocenters. The molecule has 0 spiro atoms. The van der Waals surface area contributed by atoms with E-state index in [4.69, 9.17) is 0 Å². The highest BCUT2D eigenvalue weighted by Gasteiger charge is 2.01. The Balaban J connectivity index is 3.20. The summed E-state index contributed by atoms with van der Waals surface area (Å²) in [5.41, 5.74) is 0. The second-order valence-electron chi connectivity index (χ2n) is 3.13. The van der Waals surface area contributed by atoms with Crippen LogP contribution in [-0.4, -0.2) is 23.5 Å². The maximum Gasteiger partial charge on any atom is 0.230 e. The van der Waals surface area contributed by atoms with E-state index in [9.17, 15) is 4.79 Å². The average Bonchev–Trinajstić information content (AvgIpc) is 1.97. The Morgan fingerprint density at radius 2 is 2.17 bits per heavy atom. The molecule has 0 bridgehead atoms. The predicted octanol–water partition coefficient (Wildman–Crippen LogP) is 2.04. The molecule has 0 saturated heterocycles. The summed E-state index contributed by atoms with van der Waals surface area (Å²) in [5.74, 6) is 1.87. The Kier molecular flexibility index (Phi) is 7.36. The van der Waals surface area contributed by atoms with E-state index in [2.05, 4.69) is 12.2 Å². The summed E-state index contributed by atoms with van der Waals surface area (Å²) in [6.45, 7) is 6.12. The third-order valence-corrected chi connectivity index (χ3v) is 2.37. The first-order valence-electron chi connectivity index (χ1n) is 4.54. The van der Waals surface area contributed by atoms with Crippen molar-refractivity contribution in [2.24, 2.45) is 0 Å². The number of amides is 1. The summed E-state index contributed by atoms with van der Waals surface area (Å²) < 4.78 is 0. The highest BCUT2D eigenvalue weighted by Crippen LogP contribution is 2.03. The molecule has 1 N–H and O–H groups in total. The van der Waals surface area contributed by atoms with E-state index < -0.39 is 0 Å². The van der Waals surface area contributed by atoms with Gasteiger partial charge in [-0.15, -0.1) is 0 Å². The zero-order chi connectivity index (χ0) is 9.40. The van der Waals surface area contributed by atoms with E-state index in [1.807, 2.05) is 13.8 Å². The van der Waals surface area contributed by atoms with Crippen molar-refractivity contribution in [3.8, 4) is 0 Å². The van der Waals surface area contributed by atoms with Gasteiger partial charge in [-0.2, -0.15) is 11.8 Å². The molecule has 0 saturated carbocycles. The Morgan fingerprint density at radius 3 is 2.67 bits per heavy atom. The lowest BCUT2D eigenvalue weighted by molar-refractivity contribution is -0.119. The van der Waals surface area contributed by atoms with Crippen LogP contribution < -0.4 is 5.32 Å². The number of thioether (sulfide) groups is 1. The van der Waals surface area contributed by atoms with E-state index in [1.165, 1.54) is 12.8 Å². The molecule has 0 aromatic rings. The van der Waals surface area contributed by atoms with Crippen LogP contribution in [0, 0.1) is 0 Å². The van der Waals surface area contributed by atoms with Crippen LogP contribution in [0.2, 0.25) is 0 Å². The van der Waals surface area contributed by atoms with Gasteiger partial charge in [-0.3, -0.25) is 4.79 Å². The normalized spacial score (nSPS) is 10.3. The number of unbranched alkanes of at least 4 members (excludes halogenated alkanes) is 1. The van der Waals surface area contributed by atoms with Crippen LogP contribution in [0.4, 0.5) is 0 Å². The maximum absolute atomic E-state index is 11.1. The van der Waals surface area contributed by atoms with Gasteiger partial charge in [0.2, 0.25) is 5.91 Å². The number of hydrogen-bond donors (Lipinski definition) is 1. The minimum atomic E-state index is 0.158. The summed E-state index contributed by atoms with van der Waals surface area (Å²) in [6, 6.07) is 0.268. The highest BCUT2D eigenvalue weighted by molar-refractivity contribution is 7.99. The van der Waals surface area contributed by atoms with Crippen LogP contribution in [0.3, 0.4) is 0 Å². The Labute approximate surface area is 79.5 Å². The minimum absolute atomic E-state index is 0.158. The minimum Gasteiger partial charge on any atom is -0.353 e. The van der Waals surface area contributed by atoms with Crippen molar-refractivity contribution < 1.29 is 4.79 Å². The molecular weight excluding hydrogens is 170 g/mol. The quantitative estimate of drug-likeness (QED) is 0.648. The second kappa shape index (κ2) is 7.47. The molecule has 0 atom stereocenters. The highest BCUT2D eigenvalue weighted by atomic mass is 32.2.